The number of ether oxygens (including phenoxy) is 2. The third-order valence-corrected chi connectivity index (χ3v) is 6.83. The van der Waals surface area contributed by atoms with Gasteiger partial charge in [-0.3, -0.25) is 9.59 Å². The molecule has 2 aromatic carbocycles. The number of hydrogen-bond donors (Lipinski definition) is 0. The van der Waals surface area contributed by atoms with E-state index in [-0.39, 0.29) is 30.3 Å². The van der Waals surface area contributed by atoms with Crippen LogP contribution in [-0.4, -0.2) is 61.4 Å². The van der Waals surface area contributed by atoms with Crippen LogP contribution in [0.2, 0.25) is 5.02 Å². The normalized spacial score (nSPS) is 17.8. The Hall–Kier alpha value is -2.90. The smallest absolute Gasteiger partial charge is 0.262 e. The van der Waals surface area contributed by atoms with Gasteiger partial charge in [0.05, 0.1) is 25.5 Å². The zero-order valence-corrected chi connectivity index (χ0v) is 20.3. The maximum Gasteiger partial charge on any atom is 0.262 e. The van der Waals surface area contributed by atoms with Crippen LogP contribution in [0.15, 0.2) is 53.6 Å². The fraction of sp³-hybridized carbons (Fsp3) is 0.423. The summed E-state index contributed by atoms with van der Waals surface area (Å²) in [5, 5.41) is 6.79. The van der Waals surface area contributed by atoms with Crippen LogP contribution in [0.5, 0.6) is 5.75 Å². The first-order valence-corrected chi connectivity index (χ1v) is 12.0. The molecule has 34 heavy (non-hydrogen) atoms. The van der Waals surface area contributed by atoms with Gasteiger partial charge >= 0.3 is 0 Å². The van der Waals surface area contributed by atoms with Crippen molar-refractivity contribution < 1.29 is 19.1 Å². The molecule has 1 unspecified atom stereocenters. The van der Waals surface area contributed by atoms with Crippen LogP contribution in [-0.2, 0) is 14.3 Å². The molecule has 1 aliphatic carbocycles. The van der Waals surface area contributed by atoms with Crippen molar-refractivity contribution in [2.45, 2.75) is 31.7 Å². The summed E-state index contributed by atoms with van der Waals surface area (Å²) in [6.07, 6.45) is 3.32. The summed E-state index contributed by atoms with van der Waals surface area (Å²) in [5.41, 5.74) is 2.48. The molecule has 1 aliphatic heterocycles. The van der Waals surface area contributed by atoms with Crippen LogP contribution in [0.25, 0.3) is 0 Å². The van der Waals surface area contributed by atoms with Gasteiger partial charge in [0, 0.05) is 36.6 Å². The number of carbonyl (C=O) groups is 2. The highest BCUT2D eigenvalue weighted by atomic mass is 35.5. The quantitative estimate of drug-likeness (QED) is 0.533. The van der Waals surface area contributed by atoms with E-state index in [2.05, 4.69) is 0 Å². The minimum Gasteiger partial charge on any atom is -0.497 e. The third kappa shape index (κ3) is 5.26. The molecular weight excluding hydrogens is 454 g/mol. The number of halogens is 1. The molecule has 1 fully saturated rings. The molecule has 180 valence electrons. The maximum atomic E-state index is 13.6. The highest BCUT2D eigenvalue weighted by molar-refractivity contribution is 6.31. The Balaban J connectivity index is 1.62. The van der Waals surface area contributed by atoms with Crippen LogP contribution >= 0.6 is 11.6 Å². The lowest BCUT2D eigenvalue weighted by molar-refractivity contribution is -0.146. The number of amides is 2. The lowest BCUT2D eigenvalue weighted by Gasteiger charge is -2.32. The number of nitrogens with zero attached hydrogens (tertiary/aromatic N) is 3. The van der Waals surface area contributed by atoms with Gasteiger partial charge in [0.25, 0.3) is 5.91 Å². The molecule has 4 rings (SSSR count). The second kappa shape index (κ2) is 11.0. The Morgan fingerprint density at radius 3 is 2.62 bits per heavy atom. The van der Waals surface area contributed by atoms with Gasteiger partial charge in [0.15, 0.2) is 0 Å². The van der Waals surface area contributed by atoms with Crippen molar-refractivity contribution in [3.8, 4) is 5.75 Å². The molecule has 1 atom stereocenters. The van der Waals surface area contributed by atoms with Crippen LogP contribution in [0.3, 0.4) is 0 Å². The molecule has 0 radical (unpaired) electrons. The number of carbonyl (C=O) groups excluding carboxylic acids is 2. The van der Waals surface area contributed by atoms with Crippen LogP contribution < -0.4 is 4.74 Å². The molecule has 0 spiro atoms. The molecule has 1 heterocycles. The van der Waals surface area contributed by atoms with E-state index in [1.807, 2.05) is 48.5 Å². The molecule has 7 nitrogen and oxygen atoms in total. The second-order valence-corrected chi connectivity index (χ2v) is 9.05. The zero-order chi connectivity index (χ0) is 24.1. The summed E-state index contributed by atoms with van der Waals surface area (Å²) < 4.78 is 10.5. The van der Waals surface area contributed by atoms with Gasteiger partial charge in [-0.25, -0.2) is 5.01 Å². The molecule has 0 bridgehead atoms. The van der Waals surface area contributed by atoms with Gasteiger partial charge in [0.1, 0.15) is 12.3 Å². The summed E-state index contributed by atoms with van der Waals surface area (Å²) >= 11 is 6.52. The van der Waals surface area contributed by atoms with Gasteiger partial charge in [-0.15, -0.1) is 0 Å². The number of benzene rings is 2. The summed E-state index contributed by atoms with van der Waals surface area (Å²) in [7, 11) is 3.21. The largest absolute Gasteiger partial charge is 0.497 e. The molecule has 2 aliphatic rings. The van der Waals surface area contributed by atoms with Gasteiger partial charge in [-0.2, -0.15) is 5.10 Å². The molecule has 0 N–H and O–H groups in total. The summed E-state index contributed by atoms with van der Waals surface area (Å²) in [6, 6.07) is 14.8. The Morgan fingerprint density at radius 2 is 1.94 bits per heavy atom. The molecule has 0 saturated heterocycles. The second-order valence-electron chi connectivity index (χ2n) is 8.64. The number of hydrazone groups is 1. The molecule has 2 amide bonds. The third-order valence-electron chi connectivity index (χ3n) is 6.49. The van der Waals surface area contributed by atoms with Crippen molar-refractivity contribution in [1.82, 2.24) is 9.91 Å². The van der Waals surface area contributed by atoms with Crippen molar-refractivity contribution in [3.05, 3.63) is 64.7 Å². The topological polar surface area (TPSA) is 71.4 Å². The van der Waals surface area contributed by atoms with E-state index < -0.39 is 0 Å². The van der Waals surface area contributed by atoms with E-state index in [0.717, 1.165) is 41.9 Å². The minimum absolute atomic E-state index is 0.00144. The first-order valence-electron chi connectivity index (χ1n) is 11.6. The van der Waals surface area contributed by atoms with Crippen LogP contribution in [0.4, 0.5) is 0 Å². The van der Waals surface area contributed by atoms with Gasteiger partial charge in [-0.1, -0.05) is 48.4 Å². The predicted molar refractivity (Wildman–Crippen MR) is 131 cm³/mol. The molecule has 8 heteroatoms. The van der Waals surface area contributed by atoms with E-state index in [9.17, 15) is 9.59 Å². The predicted octanol–water partition coefficient (Wildman–Crippen LogP) is 4.30. The van der Waals surface area contributed by atoms with E-state index in [1.165, 1.54) is 5.01 Å². The Kier molecular flexibility index (Phi) is 7.85. The van der Waals surface area contributed by atoms with Crippen molar-refractivity contribution >= 4 is 29.1 Å². The fourth-order valence-corrected chi connectivity index (χ4v) is 4.58. The van der Waals surface area contributed by atoms with Crippen molar-refractivity contribution in [3.63, 3.8) is 0 Å². The average Bonchev–Trinajstić information content (AvgIpc) is 3.26. The molecule has 2 aromatic rings. The lowest BCUT2D eigenvalue weighted by Crippen LogP contribution is -2.46. The van der Waals surface area contributed by atoms with Gasteiger partial charge in [0.2, 0.25) is 5.91 Å². The van der Waals surface area contributed by atoms with Crippen molar-refractivity contribution in [2.75, 3.05) is 33.9 Å². The monoisotopic (exact) mass is 483 g/mol. The van der Waals surface area contributed by atoms with Gasteiger partial charge in [-0.05, 0) is 36.6 Å². The Morgan fingerprint density at radius 1 is 1.15 bits per heavy atom. The first kappa shape index (κ1) is 24.2. The summed E-state index contributed by atoms with van der Waals surface area (Å²) in [4.78, 5) is 28.1. The molecule has 1 saturated carbocycles. The van der Waals surface area contributed by atoms with E-state index in [4.69, 9.17) is 26.2 Å². The number of methoxy groups -OCH3 is 2. The summed E-state index contributed by atoms with van der Waals surface area (Å²) in [5.74, 6) is 0.489. The number of hydrogen-bond acceptors (Lipinski definition) is 5. The highest BCUT2D eigenvalue weighted by Gasteiger charge is 2.37. The van der Waals surface area contributed by atoms with Gasteiger partial charge < -0.3 is 14.4 Å². The van der Waals surface area contributed by atoms with Crippen LogP contribution in [0.1, 0.15) is 42.9 Å². The molecule has 0 aromatic heterocycles. The fourth-order valence-electron chi connectivity index (χ4n) is 4.32. The maximum absolute atomic E-state index is 13.6. The Labute approximate surface area is 205 Å². The van der Waals surface area contributed by atoms with E-state index in [1.54, 1.807) is 19.1 Å². The van der Waals surface area contributed by atoms with Crippen molar-refractivity contribution in [1.29, 1.82) is 0 Å². The SMILES string of the molecule is COCCN(CC(=O)N1N=C(c2cccc(OC)c2)CC1c1ccccc1Cl)C(=O)C1CCC1. The molecular formula is C26H30ClN3O4. The van der Waals surface area contributed by atoms with Crippen molar-refractivity contribution in [2.24, 2.45) is 11.0 Å². The summed E-state index contributed by atoms with van der Waals surface area (Å²) in [6.45, 7) is 0.696. The van der Waals surface area contributed by atoms with E-state index in [0.29, 0.717) is 24.6 Å². The Bertz CT molecular complexity index is 1070. The van der Waals surface area contributed by atoms with Crippen LogP contribution in [0, 0.1) is 5.92 Å². The lowest BCUT2D eigenvalue weighted by atomic mass is 9.84. The van der Waals surface area contributed by atoms with E-state index >= 15 is 0 Å². The zero-order valence-electron chi connectivity index (χ0n) is 19.6. The average molecular weight is 484 g/mol. The number of rotatable bonds is 9. The highest BCUT2D eigenvalue weighted by Crippen LogP contribution is 2.37. The minimum atomic E-state index is -0.356. The standard InChI is InChI=1S/C26H30ClN3O4/c1-33-14-13-29(26(32)18-7-5-8-18)17-25(31)30-24(21-11-3-4-12-22(21)27)16-23(28-30)19-9-6-10-20(15-19)34-2/h3-4,6,9-12,15,18,24H,5,7-8,13-14,16-17H2,1-2H3. The first-order chi connectivity index (χ1) is 16.5.